The Kier molecular flexibility index (Phi) is 6.48. The third-order valence-corrected chi connectivity index (χ3v) is 7.83. The molecule has 146 valence electrons. The van der Waals surface area contributed by atoms with Gasteiger partial charge in [0.2, 0.25) is 5.91 Å². The van der Waals surface area contributed by atoms with E-state index in [9.17, 15) is 17.6 Å². The summed E-state index contributed by atoms with van der Waals surface area (Å²) in [5, 5.41) is 2.66. The third kappa shape index (κ3) is 5.26. The smallest absolute Gasteiger partial charge is 0.252 e. The Labute approximate surface area is 166 Å². The van der Waals surface area contributed by atoms with Crippen LogP contribution in [0.3, 0.4) is 0 Å². The van der Waals surface area contributed by atoms with E-state index in [2.05, 4.69) is 5.32 Å². The van der Waals surface area contributed by atoms with Crippen molar-refractivity contribution < 1.29 is 17.6 Å². The van der Waals surface area contributed by atoms with Gasteiger partial charge in [0.25, 0.3) is 10.0 Å². The molecule has 0 unspecified atom stereocenters. The number of hydrogen-bond acceptors (Lipinski definition) is 5. The molecule has 1 saturated heterocycles. The Balaban J connectivity index is 1.46. The van der Waals surface area contributed by atoms with Gasteiger partial charge in [-0.05, 0) is 30.3 Å². The lowest BCUT2D eigenvalue weighted by molar-refractivity contribution is -0.116. The second-order valence-electron chi connectivity index (χ2n) is 6.11. The van der Waals surface area contributed by atoms with Gasteiger partial charge in [0.05, 0.1) is 4.34 Å². The number of benzene rings is 1. The predicted octanol–water partition coefficient (Wildman–Crippen LogP) is 2.88. The van der Waals surface area contributed by atoms with Gasteiger partial charge in [0.1, 0.15) is 10.0 Å². The van der Waals surface area contributed by atoms with Crippen LogP contribution in [0.25, 0.3) is 0 Å². The lowest BCUT2D eigenvalue weighted by Crippen LogP contribution is -2.48. The zero-order valence-corrected chi connectivity index (χ0v) is 16.8. The van der Waals surface area contributed by atoms with Gasteiger partial charge < -0.3 is 10.2 Å². The zero-order valence-electron chi connectivity index (χ0n) is 14.4. The van der Waals surface area contributed by atoms with E-state index in [1.54, 1.807) is 12.1 Å². The van der Waals surface area contributed by atoms with Crippen molar-refractivity contribution in [2.24, 2.45) is 0 Å². The van der Waals surface area contributed by atoms with Crippen molar-refractivity contribution in [3.05, 3.63) is 46.6 Å². The average molecular weight is 432 g/mol. The molecule has 1 aliphatic heterocycles. The summed E-state index contributed by atoms with van der Waals surface area (Å²) in [6.45, 7) is 2.34. The average Bonchev–Trinajstić information content (AvgIpc) is 3.08. The van der Waals surface area contributed by atoms with Crippen LogP contribution in [-0.4, -0.2) is 56.3 Å². The van der Waals surface area contributed by atoms with Crippen molar-refractivity contribution in [2.75, 3.05) is 38.0 Å². The largest absolute Gasteiger partial charge is 0.326 e. The van der Waals surface area contributed by atoms with Crippen molar-refractivity contribution in [3.63, 3.8) is 0 Å². The Bertz CT molecular complexity index is 912. The normalized spacial score (nSPS) is 16.4. The van der Waals surface area contributed by atoms with Crippen LogP contribution in [0.4, 0.5) is 10.1 Å². The van der Waals surface area contributed by atoms with E-state index in [-0.39, 0.29) is 16.5 Å². The van der Waals surface area contributed by atoms with Gasteiger partial charge in [-0.15, -0.1) is 11.3 Å². The molecule has 3 rings (SSSR count). The highest BCUT2D eigenvalue weighted by atomic mass is 35.5. The highest BCUT2D eigenvalue weighted by molar-refractivity contribution is 7.91. The van der Waals surface area contributed by atoms with Gasteiger partial charge in [0, 0.05) is 44.8 Å². The molecule has 0 spiro atoms. The SMILES string of the molecule is O=C(CCN1CCN(S(=O)(=O)c2ccc(Cl)s2)CC1)Nc1cccc(F)c1. The maximum Gasteiger partial charge on any atom is 0.252 e. The second-order valence-corrected chi connectivity index (χ2v) is 9.99. The molecule has 10 heteroatoms. The van der Waals surface area contributed by atoms with Gasteiger partial charge in [-0.3, -0.25) is 4.79 Å². The highest BCUT2D eigenvalue weighted by Crippen LogP contribution is 2.28. The van der Waals surface area contributed by atoms with Crippen LogP contribution in [0, 0.1) is 5.82 Å². The first-order chi connectivity index (χ1) is 12.8. The first kappa shape index (κ1) is 20.2. The minimum atomic E-state index is -3.51. The van der Waals surface area contributed by atoms with Crippen molar-refractivity contribution in [1.82, 2.24) is 9.21 Å². The van der Waals surface area contributed by atoms with Crippen LogP contribution < -0.4 is 5.32 Å². The fourth-order valence-corrected chi connectivity index (χ4v) is 5.87. The van der Waals surface area contributed by atoms with Crippen LogP contribution in [-0.2, 0) is 14.8 Å². The predicted molar refractivity (Wildman–Crippen MR) is 104 cm³/mol. The zero-order chi connectivity index (χ0) is 19.4. The first-order valence-corrected chi connectivity index (χ1v) is 11.0. The lowest BCUT2D eigenvalue weighted by atomic mass is 10.2. The molecule has 6 nitrogen and oxygen atoms in total. The molecule has 0 saturated carbocycles. The number of sulfonamides is 1. The molecule has 0 bridgehead atoms. The van der Waals surface area contributed by atoms with Gasteiger partial charge >= 0.3 is 0 Å². The number of nitrogens with one attached hydrogen (secondary N) is 1. The number of hydrogen-bond donors (Lipinski definition) is 1. The fraction of sp³-hybridized carbons (Fsp3) is 0.353. The van der Waals surface area contributed by atoms with Gasteiger partial charge in [-0.25, -0.2) is 12.8 Å². The molecule has 1 aromatic carbocycles. The second kappa shape index (κ2) is 8.66. The van der Waals surface area contributed by atoms with E-state index in [4.69, 9.17) is 11.6 Å². The molecule has 1 N–H and O–H groups in total. The van der Waals surface area contributed by atoms with Gasteiger partial charge in [-0.1, -0.05) is 17.7 Å². The summed E-state index contributed by atoms with van der Waals surface area (Å²) >= 11 is 6.88. The molecular weight excluding hydrogens is 413 g/mol. The standard InChI is InChI=1S/C17H19ClFN3O3S2/c18-15-4-5-17(26-15)27(24,25)22-10-8-21(9-11-22)7-6-16(23)20-14-3-1-2-13(19)12-14/h1-5,12H,6-11H2,(H,20,23). The summed E-state index contributed by atoms with van der Waals surface area (Å²) in [7, 11) is -3.51. The van der Waals surface area contributed by atoms with Crippen molar-refractivity contribution in [1.29, 1.82) is 0 Å². The van der Waals surface area contributed by atoms with Crippen LogP contribution in [0.15, 0.2) is 40.6 Å². The first-order valence-electron chi connectivity index (χ1n) is 8.38. The summed E-state index contributed by atoms with van der Waals surface area (Å²) in [4.78, 5) is 14.0. The van der Waals surface area contributed by atoms with E-state index in [1.165, 1.54) is 28.6 Å². The van der Waals surface area contributed by atoms with Crippen molar-refractivity contribution in [2.45, 2.75) is 10.6 Å². The maximum absolute atomic E-state index is 13.1. The Morgan fingerprint density at radius 3 is 2.56 bits per heavy atom. The fourth-order valence-electron chi connectivity index (χ4n) is 2.81. The number of amides is 1. The number of halogens is 2. The molecule has 1 amide bonds. The number of piperazine rings is 1. The molecule has 1 aromatic heterocycles. The third-order valence-electron chi connectivity index (χ3n) is 4.24. The van der Waals surface area contributed by atoms with E-state index in [0.717, 1.165) is 11.3 Å². The van der Waals surface area contributed by atoms with Gasteiger partial charge in [0.15, 0.2) is 0 Å². The Morgan fingerprint density at radius 1 is 1.19 bits per heavy atom. The lowest BCUT2D eigenvalue weighted by Gasteiger charge is -2.33. The number of nitrogens with zero attached hydrogens (tertiary/aromatic N) is 2. The monoisotopic (exact) mass is 431 g/mol. The molecule has 1 fully saturated rings. The molecule has 2 heterocycles. The maximum atomic E-state index is 13.1. The number of thiophene rings is 1. The van der Waals surface area contributed by atoms with Crippen molar-refractivity contribution >= 4 is 44.6 Å². The van der Waals surface area contributed by atoms with Crippen LogP contribution >= 0.6 is 22.9 Å². The van der Waals surface area contributed by atoms with Gasteiger partial charge in [-0.2, -0.15) is 4.31 Å². The van der Waals surface area contributed by atoms with E-state index >= 15 is 0 Å². The summed E-state index contributed by atoms with van der Waals surface area (Å²) in [6.07, 6.45) is 0.254. The highest BCUT2D eigenvalue weighted by Gasteiger charge is 2.29. The number of rotatable bonds is 6. The summed E-state index contributed by atoms with van der Waals surface area (Å²) in [5.41, 5.74) is 0.422. The van der Waals surface area contributed by atoms with E-state index in [1.807, 2.05) is 4.90 Å². The molecule has 27 heavy (non-hydrogen) atoms. The summed E-state index contributed by atoms with van der Waals surface area (Å²) in [5.74, 6) is -0.610. The topological polar surface area (TPSA) is 69.7 Å². The van der Waals surface area contributed by atoms with Crippen molar-refractivity contribution in [3.8, 4) is 0 Å². The van der Waals surface area contributed by atoms with E-state index < -0.39 is 15.8 Å². The number of carbonyl (C=O) groups excluding carboxylic acids is 1. The molecule has 1 aliphatic rings. The summed E-state index contributed by atoms with van der Waals surface area (Å²) < 4.78 is 40.4. The Hall–Kier alpha value is -1.52. The molecule has 0 aliphatic carbocycles. The van der Waals surface area contributed by atoms with E-state index in [0.29, 0.717) is 42.7 Å². The molecule has 2 aromatic rings. The number of carbonyl (C=O) groups is 1. The quantitative estimate of drug-likeness (QED) is 0.763. The minimum Gasteiger partial charge on any atom is -0.326 e. The Morgan fingerprint density at radius 2 is 1.93 bits per heavy atom. The minimum absolute atomic E-state index is 0.205. The molecular formula is C17H19ClFN3O3S2. The van der Waals surface area contributed by atoms with Crippen LogP contribution in [0.1, 0.15) is 6.42 Å². The molecule has 0 atom stereocenters. The molecule has 0 radical (unpaired) electrons. The number of anilines is 1. The summed E-state index contributed by atoms with van der Waals surface area (Å²) in [6, 6.07) is 8.83. The van der Waals surface area contributed by atoms with Crippen LogP contribution in [0.5, 0.6) is 0 Å². The van der Waals surface area contributed by atoms with Crippen LogP contribution in [0.2, 0.25) is 4.34 Å².